The van der Waals surface area contributed by atoms with Gasteiger partial charge < -0.3 is 13.1 Å². The Labute approximate surface area is 59.3 Å². The second-order valence-corrected chi connectivity index (χ2v) is 2.18. The molecule has 8 heavy (non-hydrogen) atoms. The first-order valence-electron chi connectivity index (χ1n) is 1.85. The topological polar surface area (TPSA) is 46.2 Å². The average Bonchev–Trinajstić information content (AvgIpc) is 1.69. The molecule has 0 bridgehead atoms. The fourth-order valence-corrected chi connectivity index (χ4v) is 0. The van der Waals surface area contributed by atoms with Gasteiger partial charge in [-0.3, -0.25) is 0 Å². The maximum atomic E-state index is 9.26. The van der Waals surface area contributed by atoms with E-state index in [0.717, 1.165) is 0 Å². The van der Waals surface area contributed by atoms with E-state index in [9.17, 15) is 8.42 Å². The first-order chi connectivity index (χ1) is 3.68. The molecule has 0 aromatic heterocycles. The Morgan fingerprint density at radius 3 is 1.88 bits per heavy atom. The molecule has 0 atom stereocenters. The van der Waals surface area contributed by atoms with Gasteiger partial charge in [-0.25, -0.2) is 0 Å². The predicted octanol–water partition coefficient (Wildman–Crippen LogP) is -0.539. The van der Waals surface area contributed by atoms with E-state index in [-0.39, 0.29) is 0 Å². The Balaban J connectivity index is 0. The summed E-state index contributed by atoms with van der Waals surface area (Å²) in [5.74, 6) is 0. The summed E-state index contributed by atoms with van der Waals surface area (Å²) in [6.07, 6.45) is 0. The molecule has 0 radical (unpaired) electrons. The van der Waals surface area contributed by atoms with Gasteiger partial charge in [0.05, 0.1) is 0 Å². The van der Waals surface area contributed by atoms with Crippen molar-refractivity contribution < 1.29 is 8.42 Å². The smallest absolute Gasteiger partial charge is 0.00865 e. The summed E-state index contributed by atoms with van der Waals surface area (Å²) in [7, 11) is -0.736. The zero-order valence-electron chi connectivity index (χ0n) is 4.72. The second kappa shape index (κ2) is 10.2. The van der Waals surface area contributed by atoms with Crippen molar-refractivity contribution in [3.05, 3.63) is 11.5 Å². The Kier molecular flexibility index (Phi) is 14.1. The standard InChI is InChI=1S/C2H3.CH4NO2S.Al.H/c1-2;1-2-5(3)4;;/h1H,2H2;1H3,(H,2,3,4);;/q;-1;+1;. The van der Waals surface area contributed by atoms with Crippen molar-refractivity contribution in [2.75, 3.05) is 7.05 Å². The molecule has 0 saturated heterocycles. The van der Waals surface area contributed by atoms with E-state index in [2.05, 4.69) is 6.58 Å². The predicted molar refractivity (Wildman–Crippen MR) is 35.1 cm³/mol. The van der Waals surface area contributed by atoms with Crippen LogP contribution < -0.4 is 4.72 Å². The molecule has 0 spiro atoms. The summed E-state index contributed by atoms with van der Waals surface area (Å²) in [5.41, 5.74) is 0. The number of hydrogen-bond acceptors (Lipinski definition) is 3. The van der Waals surface area contributed by atoms with Gasteiger partial charge in [-0.1, -0.05) is 0 Å². The molecule has 3 nitrogen and oxygen atoms in total. The van der Waals surface area contributed by atoms with Gasteiger partial charge in [0.25, 0.3) is 0 Å². The molecule has 0 aliphatic carbocycles. The van der Waals surface area contributed by atoms with Crippen molar-refractivity contribution >= 4 is 27.2 Å². The molecule has 0 heterocycles. The van der Waals surface area contributed by atoms with Gasteiger partial charge in [-0.2, -0.15) is 0 Å². The van der Waals surface area contributed by atoms with Crippen LogP contribution in [0.1, 0.15) is 0 Å². The molecule has 0 rings (SSSR count). The first-order valence-corrected chi connectivity index (χ1v) is 3.75. The van der Waals surface area contributed by atoms with Crippen LogP contribution in [0.5, 0.6) is 0 Å². The van der Waals surface area contributed by atoms with E-state index < -0.39 is 10.9 Å². The van der Waals surface area contributed by atoms with Crippen LogP contribution in [0.2, 0.25) is 0 Å². The van der Waals surface area contributed by atoms with Crippen molar-refractivity contribution in [3.63, 3.8) is 0 Å². The van der Waals surface area contributed by atoms with Crippen LogP contribution in [0.25, 0.3) is 0 Å². The van der Waals surface area contributed by atoms with E-state index >= 15 is 0 Å². The average molecular weight is 149 g/mol. The van der Waals surface area contributed by atoms with E-state index in [1.54, 1.807) is 21.2 Å². The van der Waals surface area contributed by atoms with Crippen LogP contribution in [0.15, 0.2) is 11.5 Å². The summed E-state index contributed by atoms with van der Waals surface area (Å²) in [6.45, 7) is 3.37. The molecular weight excluding hydrogens is 141 g/mol. The van der Waals surface area contributed by atoms with Gasteiger partial charge in [0.1, 0.15) is 0 Å². The molecule has 0 aromatic rings. The third-order valence-corrected chi connectivity index (χ3v) is 0.500. The van der Waals surface area contributed by atoms with Crippen molar-refractivity contribution in [2.24, 2.45) is 0 Å². The van der Waals surface area contributed by atoms with Crippen molar-refractivity contribution in [3.8, 4) is 0 Å². The maximum absolute atomic E-state index is 9.26. The molecule has 0 saturated carbocycles. The van der Waals surface area contributed by atoms with Gasteiger partial charge in [-0.05, 0) is 17.9 Å². The zero-order chi connectivity index (χ0) is 6.99. The monoisotopic (exact) mass is 149 g/mol. The minimum Gasteiger partial charge on any atom is -0.409 e. The molecule has 0 aliphatic rings. The van der Waals surface area contributed by atoms with E-state index in [1.165, 1.54) is 7.05 Å². The fraction of sp³-hybridized carbons (Fsp3) is 0.333. The largest absolute Gasteiger partial charge is 0.409 e. The first kappa shape index (κ1) is 11.0. The normalized spacial score (nSPS) is 7.12. The van der Waals surface area contributed by atoms with Crippen molar-refractivity contribution in [1.29, 1.82) is 0 Å². The number of rotatable bonds is 1. The Morgan fingerprint density at radius 1 is 1.75 bits per heavy atom. The Morgan fingerprint density at radius 2 is 1.88 bits per heavy atom. The van der Waals surface area contributed by atoms with Gasteiger partial charge in [0.2, 0.25) is 0 Å². The quantitative estimate of drug-likeness (QED) is 0.402. The fourth-order valence-electron chi connectivity index (χ4n) is 0. The summed E-state index contributed by atoms with van der Waals surface area (Å²) < 4.78 is 20.5. The Hall–Kier alpha value is 0.182. The van der Waals surface area contributed by atoms with Crippen LogP contribution in [-0.4, -0.2) is 23.3 Å². The number of hydrogen-bond donors (Lipinski definition) is 1. The Bertz CT molecular complexity index is 104. The SMILES string of the molecule is C=[CH][AlH+].CN[S-](=O)=O. The third-order valence-electron chi connectivity index (χ3n) is 0.167. The summed E-state index contributed by atoms with van der Waals surface area (Å²) >= 11 is 1.74. The van der Waals surface area contributed by atoms with Crippen LogP contribution in [0, 0.1) is 0 Å². The van der Waals surface area contributed by atoms with Crippen LogP contribution in [0.4, 0.5) is 0 Å². The van der Waals surface area contributed by atoms with Gasteiger partial charge in [-0.15, -0.1) is 0 Å². The van der Waals surface area contributed by atoms with Crippen LogP contribution >= 0.6 is 0 Å². The van der Waals surface area contributed by atoms with E-state index in [0.29, 0.717) is 0 Å². The van der Waals surface area contributed by atoms with Gasteiger partial charge in [0, 0.05) is 0 Å². The molecule has 0 aromatic carbocycles. The van der Waals surface area contributed by atoms with Crippen LogP contribution in [-0.2, 0) is 19.3 Å². The maximum Gasteiger partial charge on any atom is -0.00865 e. The summed E-state index contributed by atoms with van der Waals surface area (Å²) in [5, 5.41) is 0. The molecule has 0 fully saturated rings. The number of nitrogens with one attached hydrogen (secondary N) is 1. The molecule has 0 aliphatic heterocycles. The van der Waals surface area contributed by atoms with Gasteiger partial charge in [0.15, 0.2) is 0 Å². The summed E-state index contributed by atoms with van der Waals surface area (Å²) in [4.78, 5) is 1.78. The van der Waals surface area contributed by atoms with Crippen molar-refractivity contribution in [2.45, 2.75) is 0 Å². The van der Waals surface area contributed by atoms with Crippen LogP contribution in [0.3, 0.4) is 0 Å². The minimum absolute atomic E-state index is 1.34. The minimum atomic E-state index is -2.07. The molecular formula is C3H8AlNO2S. The zero-order valence-corrected chi connectivity index (χ0v) is 6.95. The molecule has 5 heteroatoms. The molecule has 0 amide bonds. The molecule has 1 N–H and O–H groups in total. The second-order valence-electron chi connectivity index (χ2n) is 0.728. The molecule has 0 unspecified atom stereocenters. The molecule has 46 valence electrons. The summed E-state index contributed by atoms with van der Waals surface area (Å²) in [6, 6.07) is 0. The third kappa shape index (κ3) is 34.9. The van der Waals surface area contributed by atoms with E-state index in [4.69, 9.17) is 0 Å². The van der Waals surface area contributed by atoms with Gasteiger partial charge >= 0.3 is 27.8 Å². The van der Waals surface area contributed by atoms with Crippen molar-refractivity contribution in [1.82, 2.24) is 4.72 Å². The van der Waals surface area contributed by atoms with E-state index in [1.807, 2.05) is 4.72 Å².